The standard InChI is InChI=1S/C18H22N6O/c1-23-9-3-4-14(17(23)16-6-8-22-24(16)2)12-21-18(25)13-5-7-20-15(10-13)11-19/h5-8,10,14,17H,3-4,9,12H2,1-2H3,(H,21,25)/t14-,17+/m0/s1. The van der Waals surface area contributed by atoms with Crippen molar-refractivity contribution in [1.29, 1.82) is 5.26 Å². The Labute approximate surface area is 147 Å². The molecule has 130 valence electrons. The monoisotopic (exact) mass is 338 g/mol. The van der Waals surface area contributed by atoms with Crippen molar-refractivity contribution >= 4 is 5.91 Å². The second kappa shape index (κ2) is 7.45. The van der Waals surface area contributed by atoms with Gasteiger partial charge in [-0.2, -0.15) is 10.4 Å². The van der Waals surface area contributed by atoms with Gasteiger partial charge in [-0.1, -0.05) is 0 Å². The van der Waals surface area contributed by atoms with Gasteiger partial charge in [-0.15, -0.1) is 0 Å². The van der Waals surface area contributed by atoms with Gasteiger partial charge in [0.15, 0.2) is 0 Å². The van der Waals surface area contributed by atoms with E-state index in [1.807, 2.05) is 30.1 Å². The number of likely N-dealkylation sites (tertiary alicyclic amines) is 1. The normalized spacial score (nSPS) is 20.8. The molecule has 0 aromatic carbocycles. The van der Waals surface area contributed by atoms with Crippen molar-refractivity contribution < 1.29 is 4.79 Å². The number of pyridine rings is 1. The van der Waals surface area contributed by atoms with Gasteiger partial charge in [0.2, 0.25) is 0 Å². The lowest BCUT2D eigenvalue weighted by atomic mass is 9.87. The van der Waals surface area contributed by atoms with Gasteiger partial charge < -0.3 is 5.32 Å². The molecular formula is C18H22N6O. The Hall–Kier alpha value is -2.72. The predicted molar refractivity (Wildman–Crippen MR) is 92.6 cm³/mol. The van der Waals surface area contributed by atoms with Crippen molar-refractivity contribution in [3.8, 4) is 6.07 Å². The molecule has 0 bridgehead atoms. The zero-order valence-corrected chi connectivity index (χ0v) is 14.5. The number of piperidine rings is 1. The Morgan fingerprint density at radius 3 is 2.96 bits per heavy atom. The van der Waals surface area contributed by atoms with E-state index in [0.717, 1.165) is 25.1 Å². The largest absolute Gasteiger partial charge is 0.352 e. The fourth-order valence-corrected chi connectivity index (χ4v) is 3.57. The van der Waals surface area contributed by atoms with Crippen LogP contribution in [0.25, 0.3) is 0 Å². The summed E-state index contributed by atoms with van der Waals surface area (Å²) in [6, 6.07) is 7.37. The Bertz CT molecular complexity index is 793. The summed E-state index contributed by atoms with van der Waals surface area (Å²) < 4.78 is 1.91. The van der Waals surface area contributed by atoms with E-state index >= 15 is 0 Å². The molecule has 0 aliphatic carbocycles. The predicted octanol–water partition coefficient (Wildman–Crippen LogP) is 1.50. The maximum Gasteiger partial charge on any atom is 0.251 e. The van der Waals surface area contributed by atoms with E-state index in [9.17, 15) is 4.79 Å². The molecule has 1 N–H and O–H groups in total. The highest BCUT2D eigenvalue weighted by Gasteiger charge is 2.32. The van der Waals surface area contributed by atoms with Crippen LogP contribution >= 0.6 is 0 Å². The van der Waals surface area contributed by atoms with Crippen LogP contribution in [0.5, 0.6) is 0 Å². The molecule has 2 aromatic heterocycles. The molecule has 25 heavy (non-hydrogen) atoms. The Morgan fingerprint density at radius 1 is 1.40 bits per heavy atom. The minimum atomic E-state index is -0.170. The SMILES string of the molecule is CN1CCC[C@@H](CNC(=O)c2ccnc(C#N)c2)[C@@H]1c1ccnn1C. The molecule has 7 heteroatoms. The molecule has 3 rings (SSSR count). The lowest BCUT2D eigenvalue weighted by Crippen LogP contribution is -2.42. The van der Waals surface area contributed by atoms with E-state index in [1.54, 1.807) is 6.07 Å². The molecular weight excluding hydrogens is 316 g/mol. The number of carbonyl (C=O) groups excluding carboxylic acids is 1. The number of nitrogens with one attached hydrogen (secondary N) is 1. The van der Waals surface area contributed by atoms with Crippen LogP contribution in [-0.2, 0) is 7.05 Å². The third-order valence-corrected chi connectivity index (χ3v) is 4.83. The van der Waals surface area contributed by atoms with Crippen LogP contribution in [0.15, 0.2) is 30.6 Å². The summed E-state index contributed by atoms with van der Waals surface area (Å²) in [5.74, 6) is 0.145. The number of aryl methyl sites for hydroxylation is 1. The second-order valence-electron chi connectivity index (χ2n) is 6.46. The van der Waals surface area contributed by atoms with Gasteiger partial charge in [0.25, 0.3) is 5.91 Å². The number of rotatable bonds is 4. The summed E-state index contributed by atoms with van der Waals surface area (Å²) in [6.07, 6.45) is 5.47. The van der Waals surface area contributed by atoms with Crippen molar-refractivity contribution in [3.63, 3.8) is 0 Å². The highest BCUT2D eigenvalue weighted by Crippen LogP contribution is 2.34. The number of nitrogens with zero attached hydrogens (tertiary/aromatic N) is 5. The van der Waals surface area contributed by atoms with Crippen molar-refractivity contribution in [2.45, 2.75) is 18.9 Å². The average Bonchev–Trinajstić information content (AvgIpc) is 3.05. The van der Waals surface area contributed by atoms with E-state index in [0.29, 0.717) is 18.0 Å². The maximum absolute atomic E-state index is 12.4. The van der Waals surface area contributed by atoms with E-state index < -0.39 is 0 Å². The Kier molecular flexibility index (Phi) is 5.10. The van der Waals surface area contributed by atoms with Crippen LogP contribution in [0.4, 0.5) is 0 Å². The summed E-state index contributed by atoms with van der Waals surface area (Å²) in [7, 11) is 4.07. The molecule has 7 nitrogen and oxygen atoms in total. The van der Waals surface area contributed by atoms with Crippen LogP contribution in [0.1, 0.15) is 40.6 Å². The first-order valence-corrected chi connectivity index (χ1v) is 8.42. The van der Waals surface area contributed by atoms with Gasteiger partial charge in [-0.3, -0.25) is 14.4 Å². The molecule has 0 spiro atoms. The number of hydrogen-bond acceptors (Lipinski definition) is 5. The van der Waals surface area contributed by atoms with Crippen LogP contribution < -0.4 is 5.32 Å². The Balaban J connectivity index is 1.71. The second-order valence-corrected chi connectivity index (χ2v) is 6.46. The number of hydrogen-bond donors (Lipinski definition) is 1. The van der Waals surface area contributed by atoms with Gasteiger partial charge in [0, 0.05) is 31.5 Å². The number of nitriles is 1. The highest BCUT2D eigenvalue weighted by atomic mass is 16.1. The number of amides is 1. The van der Waals surface area contributed by atoms with E-state index in [4.69, 9.17) is 5.26 Å². The molecule has 0 radical (unpaired) electrons. The molecule has 1 aliphatic rings. The summed E-state index contributed by atoms with van der Waals surface area (Å²) in [5, 5.41) is 16.2. The third-order valence-electron chi connectivity index (χ3n) is 4.83. The minimum Gasteiger partial charge on any atom is -0.352 e. The lowest BCUT2D eigenvalue weighted by Gasteiger charge is -2.39. The zero-order chi connectivity index (χ0) is 17.8. The summed E-state index contributed by atoms with van der Waals surface area (Å²) in [4.78, 5) is 18.6. The van der Waals surface area contributed by atoms with Gasteiger partial charge in [-0.05, 0) is 50.6 Å². The highest BCUT2D eigenvalue weighted by molar-refractivity contribution is 5.94. The van der Waals surface area contributed by atoms with E-state index in [2.05, 4.69) is 27.3 Å². The number of carbonyl (C=O) groups is 1. The minimum absolute atomic E-state index is 0.170. The number of aromatic nitrogens is 3. The molecule has 0 unspecified atom stereocenters. The summed E-state index contributed by atoms with van der Waals surface area (Å²) in [5.41, 5.74) is 1.88. The molecule has 2 aromatic rings. The van der Waals surface area contributed by atoms with E-state index in [-0.39, 0.29) is 17.6 Å². The topological polar surface area (TPSA) is 86.8 Å². The summed E-state index contributed by atoms with van der Waals surface area (Å²) >= 11 is 0. The van der Waals surface area contributed by atoms with E-state index in [1.165, 1.54) is 12.3 Å². The van der Waals surface area contributed by atoms with Crippen LogP contribution in [0, 0.1) is 17.2 Å². The molecule has 2 atom stereocenters. The van der Waals surface area contributed by atoms with Crippen LogP contribution in [-0.4, -0.2) is 45.7 Å². The molecule has 1 fully saturated rings. The zero-order valence-electron chi connectivity index (χ0n) is 14.5. The molecule has 0 saturated carbocycles. The fraction of sp³-hybridized carbons (Fsp3) is 0.444. The Morgan fingerprint density at radius 2 is 2.24 bits per heavy atom. The molecule has 1 aliphatic heterocycles. The van der Waals surface area contributed by atoms with Gasteiger partial charge in [0.1, 0.15) is 11.8 Å². The van der Waals surface area contributed by atoms with Crippen molar-refractivity contribution in [2.24, 2.45) is 13.0 Å². The summed E-state index contributed by atoms with van der Waals surface area (Å²) in [6.45, 7) is 1.62. The maximum atomic E-state index is 12.4. The smallest absolute Gasteiger partial charge is 0.251 e. The van der Waals surface area contributed by atoms with Crippen LogP contribution in [0.3, 0.4) is 0 Å². The first kappa shape index (κ1) is 17.1. The van der Waals surface area contributed by atoms with Crippen molar-refractivity contribution in [3.05, 3.63) is 47.5 Å². The lowest BCUT2D eigenvalue weighted by molar-refractivity contribution is 0.0880. The van der Waals surface area contributed by atoms with Crippen molar-refractivity contribution in [1.82, 2.24) is 25.0 Å². The van der Waals surface area contributed by atoms with Gasteiger partial charge in [0.05, 0.1) is 11.7 Å². The average molecular weight is 338 g/mol. The molecule has 1 amide bonds. The third kappa shape index (κ3) is 3.69. The molecule has 1 saturated heterocycles. The fourth-order valence-electron chi connectivity index (χ4n) is 3.57. The van der Waals surface area contributed by atoms with Gasteiger partial charge in [-0.25, -0.2) is 4.98 Å². The van der Waals surface area contributed by atoms with Gasteiger partial charge >= 0.3 is 0 Å². The quantitative estimate of drug-likeness (QED) is 0.913. The van der Waals surface area contributed by atoms with Crippen molar-refractivity contribution in [2.75, 3.05) is 20.1 Å². The first-order valence-electron chi connectivity index (χ1n) is 8.42. The first-order chi connectivity index (χ1) is 12.1. The van der Waals surface area contributed by atoms with Crippen LogP contribution in [0.2, 0.25) is 0 Å². The molecule has 3 heterocycles.